The summed E-state index contributed by atoms with van der Waals surface area (Å²) in [5.74, 6) is -0.416. The number of hydrogen-bond donors (Lipinski definition) is 1. The minimum Gasteiger partial charge on any atom is -0.370 e. The van der Waals surface area contributed by atoms with Crippen LogP contribution >= 0.6 is 11.3 Å². The minimum absolute atomic E-state index is 0.416. The van der Waals surface area contributed by atoms with Gasteiger partial charge in [0.2, 0.25) is 5.91 Å². The summed E-state index contributed by atoms with van der Waals surface area (Å²) in [6, 6.07) is 1.87. The molecule has 0 aliphatic carbocycles. The zero-order chi connectivity index (χ0) is 12.5. The molecule has 0 radical (unpaired) electrons. The Bertz CT molecular complexity index is 587. The van der Waals surface area contributed by atoms with Gasteiger partial charge in [0.25, 0.3) is 0 Å². The van der Waals surface area contributed by atoms with Crippen molar-refractivity contribution in [1.82, 2.24) is 4.98 Å². The van der Waals surface area contributed by atoms with Crippen LogP contribution in [0, 0.1) is 0 Å². The fourth-order valence-electron chi connectivity index (χ4n) is 2.42. The maximum atomic E-state index is 11.2. The van der Waals surface area contributed by atoms with Gasteiger partial charge in [0.15, 0.2) is 0 Å². The molecule has 3 rings (SSSR count). The van der Waals surface area contributed by atoms with E-state index in [0.717, 1.165) is 23.3 Å². The predicted molar refractivity (Wildman–Crippen MR) is 74.2 cm³/mol. The molecule has 4 nitrogen and oxygen atoms in total. The Morgan fingerprint density at radius 3 is 2.83 bits per heavy atom. The van der Waals surface area contributed by atoms with Gasteiger partial charge in [-0.25, -0.2) is 4.98 Å². The molecule has 5 heteroatoms. The fourth-order valence-corrected chi connectivity index (χ4v) is 3.32. The van der Waals surface area contributed by atoms with Gasteiger partial charge in [0.1, 0.15) is 4.83 Å². The number of carbonyl (C=O) groups is 1. The van der Waals surface area contributed by atoms with Gasteiger partial charge in [0, 0.05) is 30.1 Å². The molecule has 0 saturated carbocycles. The number of aromatic nitrogens is 1. The molecule has 0 spiro atoms. The smallest absolute Gasteiger partial charge is 0.250 e. The van der Waals surface area contributed by atoms with E-state index in [4.69, 9.17) is 5.73 Å². The van der Waals surface area contributed by atoms with E-state index in [2.05, 4.69) is 15.3 Å². The lowest BCUT2D eigenvalue weighted by Gasteiger charge is -2.28. The van der Waals surface area contributed by atoms with Crippen molar-refractivity contribution in [2.24, 2.45) is 5.73 Å². The summed E-state index contributed by atoms with van der Waals surface area (Å²) in [6.07, 6.45) is 5.34. The predicted octanol–water partition coefficient (Wildman–Crippen LogP) is 2.39. The lowest BCUT2D eigenvalue weighted by molar-refractivity contribution is 0.1000. The monoisotopic (exact) mass is 261 g/mol. The van der Waals surface area contributed by atoms with Crippen LogP contribution in [-0.2, 0) is 0 Å². The molecule has 1 aliphatic rings. The molecule has 3 heterocycles. The van der Waals surface area contributed by atoms with Gasteiger partial charge in [-0.15, -0.1) is 11.3 Å². The van der Waals surface area contributed by atoms with Crippen LogP contribution in [0.2, 0.25) is 0 Å². The van der Waals surface area contributed by atoms with Crippen LogP contribution in [0.5, 0.6) is 0 Å². The lowest BCUT2D eigenvalue weighted by Crippen LogP contribution is -2.29. The molecular formula is C13H15N3OS. The number of primary amides is 1. The van der Waals surface area contributed by atoms with Crippen LogP contribution in [0.25, 0.3) is 10.2 Å². The van der Waals surface area contributed by atoms with E-state index in [-0.39, 0.29) is 0 Å². The van der Waals surface area contributed by atoms with Crippen molar-refractivity contribution in [3.8, 4) is 0 Å². The van der Waals surface area contributed by atoms with Crippen LogP contribution < -0.4 is 10.6 Å². The molecule has 1 aliphatic heterocycles. The topological polar surface area (TPSA) is 59.2 Å². The molecule has 2 aromatic rings. The van der Waals surface area contributed by atoms with Crippen molar-refractivity contribution in [1.29, 1.82) is 0 Å². The SMILES string of the molecule is NC(=O)c1cnc2scc(N3CCCCC3)c2c1. The number of nitrogens with zero attached hydrogens (tertiary/aromatic N) is 2. The van der Waals surface area contributed by atoms with Crippen LogP contribution in [0.4, 0.5) is 5.69 Å². The first-order valence-corrected chi connectivity index (χ1v) is 7.05. The number of anilines is 1. The first-order valence-electron chi connectivity index (χ1n) is 6.18. The van der Waals surface area contributed by atoms with E-state index in [9.17, 15) is 4.79 Å². The zero-order valence-electron chi connectivity index (χ0n) is 10.1. The highest BCUT2D eigenvalue weighted by Crippen LogP contribution is 2.33. The third-order valence-corrected chi connectivity index (χ3v) is 4.28. The highest BCUT2D eigenvalue weighted by atomic mass is 32.1. The van der Waals surface area contributed by atoms with E-state index in [1.54, 1.807) is 17.5 Å². The molecular weight excluding hydrogens is 246 g/mol. The van der Waals surface area contributed by atoms with Gasteiger partial charge in [-0.1, -0.05) is 0 Å². The largest absolute Gasteiger partial charge is 0.370 e. The Morgan fingerprint density at radius 1 is 1.33 bits per heavy atom. The van der Waals surface area contributed by atoms with Crippen molar-refractivity contribution in [2.45, 2.75) is 19.3 Å². The number of rotatable bonds is 2. The third-order valence-electron chi connectivity index (χ3n) is 3.39. The van der Waals surface area contributed by atoms with E-state index in [0.29, 0.717) is 5.56 Å². The summed E-state index contributed by atoms with van der Waals surface area (Å²) in [5, 5.41) is 3.19. The second-order valence-corrected chi connectivity index (χ2v) is 5.47. The molecule has 1 amide bonds. The number of hydrogen-bond acceptors (Lipinski definition) is 4. The van der Waals surface area contributed by atoms with Crippen LogP contribution in [0.15, 0.2) is 17.6 Å². The number of pyridine rings is 1. The molecule has 0 unspecified atom stereocenters. The van der Waals surface area contributed by atoms with Crippen LogP contribution in [0.1, 0.15) is 29.6 Å². The first kappa shape index (κ1) is 11.5. The number of carbonyl (C=O) groups excluding carboxylic acids is 1. The molecule has 2 aromatic heterocycles. The van der Waals surface area contributed by atoms with Gasteiger partial charge in [-0.3, -0.25) is 4.79 Å². The average molecular weight is 261 g/mol. The summed E-state index contributed by atoms with van der Waals surface area (Å²) >= 11 is 1.62. The van der Waals surface area contributed by atoms with Crippen LogP contribution in [-0.4, -0.2) is 24.0 Å². The normalized spacial score (nSPS) is 16.1. The third kappa shape index (κ3) is 1.95. The number of nitrogens with two attached hydrogens (primary N) is 1. The Hall–Kier alpha value is -1.62. The molecule has 1 saturated heterocycles. The number of piperidine rings is 1. The van der Waals surface area contributed by atoms with Crippen molar-refractivity contribution in [3.63, 3.8) is 0 Å². The second kappa shape index (κ2) is 4.57. The maximum absolute atomic E-state index is 11.2. The van der Waals surface area contributed by atoms with Gasteiger partial charge in [0.05, 0.1) is 11.3 Å². The fraction of sp³-hybridized carbons (Fsp3) is 0.385. The summed E-state index contributed by atoms with van der Waals surface area (Å²) in [7, 11) is 0. The molecule has 0 atom stereocenters. The van der Waals surface area contributed by atoms with Crippen molar-refractivity contribution in [3.05, 3.63) is 23.2 Å². The molecule has 2 N–H and O–H groups in total. The molecule has 18 heavy (non-hydrogen) atoms. The Kier molecular flexibility index (Phi) is 2.91. The van der Waals surface area contributed by atoms with E-state index in [1.165, 1.54) is 24.9 Å². The van der Waals surface area contributed by atoms with E-state index >= 15 is 0 Å². The maximum Gasteiger partial charge on any atom is 0.250 e. The lowest BCUT2D eigenvalue weighted by atomic mass is 10.1. The molecule has 0 bridgehead atoms. The van der Waals surface area contributed by atoms with E-state index in [1.807, 2.05) is 6.07 Å². The molecule has 0 aromatic carbocycles. The quantitative estimate of drug-likeness (QED) is 0.903. The van der Waals surface area contributed by atoms with Gasteiger partial charge in [-0.05, 0) is 25.3 Å². The minimum atomic E-state index is -0.416. The van der Waals surface area contributed by atoms with Crippen molar-refractivity contribution >= 4 is 33.1 Å². The molecule has 1 fully saturated rings. The Morgan fingerprint density at radius 2 is 2.11 bits per heavy atom. The zero-order valence-corrected chi connectivity index (χ0v) is 10.9. The standard InChI is InChI=1S/C13H15N3OS/c14-12(17)9-6-10-11(8-18-13(10)15-7-9)16-4-2-1-3-5-16/h6-8H,1-5H2,(H2,14,17). The summed E-state index contributed by atoms with van der Waals surface area (Å²) in [6.45, 7) is 2.18. The number of fused-ring (bicyclic) bond motifs is 1. The van der Waals surface area contributed by atoms with Gasteiger partial charge >= 0.3 is 0 Å². The van der Waals surface area contributed by atoms with Crippen molar-refractivity contribution in [2.75, 3.05) is 18.0 Å². The summed E-state index contributed by atoms with van der Waals surface area (Å²) in [4.78, 5) is 18.9. The van der Waals surface area contributed by atoms with Gasteiger partial charge in [-0.2, -0.15) is 0 Å². The number of thiophene rings is 1. The van der Waals surface area contributed by atoms with Gasteiger partial charge < -0.3 is 10.6 Å². The average Bonchev–Trinajstić information content (AvgIpc) is 2.82. The number of amides is 1. The van der Waals surface area contributed by atoms with Crippen molar-refractivity contribution < 1.29 is 4.79 Å². The second-order valence-electron chi connectivity index (χ2n) is 4.61. The highest BCUT2D eigenvalue weighted by molar-refractivity contribution is 7.17. The summed E-state index contributed by atoms with van der Waals surface area (Å²) in [5.41, 5.74) is 7.00. The van der Waals surface area contributed by atoms with Crippen LogP contribution in [0.3, 0.4) is 0 Å². The Labute approximate surface area is 109 Å². The molecule has 94 valence electrons. The first-order chi connectivity index (χ1) is 8.75. The Balaban J connectivity index is 2.05. The summed E-state index contributed by atoms with van der Waals surface area (Å²) < 4.78 is 0. The van der Waals surface area contributed by atoms with E-state index < -0.39 is 5.91 Å². The highest BCUT2D eigenvalue weighted by Gasteiger charge is 2.16.